The second-order valence-corrected chi connectivity index (χ2v) is 13.4. The fourth-order valence-corrected chi connectivity index (χ4v) is 10.4. The number of aliphatic hydroxyl groups is 1. The van der Waals surface area contributed by atoms with Crippen LogP contribution in [0.4, 0.5) is 4.79 Å². The highest BCUT2D eigenvalue weighted by atomic mass is 16.6. The molecule has 3 saturated carbocycles. The van der Waals surface area contributed by atoms with Gasteiger partial charge in [-0.25, -0.2) is 4.79 Å². The van der Waals surface area contributed by atoms with Gasteiger partial charge in [-0.15, -0.1) is 0 Å². The molecule has 3 spiro atoms. The molecule has 0 aromatic carbocycles. The van der Waals surface area contributed by atoms with Gasteiger partial charge in [-0.2, -0.15) is 0 Å². The fraction of sp³-hybridized carbons (Fsp3) is 0.677. The molecule has 7 aliphatic rings. The number of hydrogen-bond acceptors (Lipinski definition) is 5. The molecular weight excluding hydrogens is 466 g/mol. The van der Waals surface area contributed by atoms with Gasteiger partial charge >= 0.3 is 6.09 Å². The molecule has 4 fully saturated rings. The number of hydrogen-bond donors (Lipinski definition) is 1. The monoisotopic (exact) mass is 505 g/mol. The molecule has 1 aromatic heterocycles. The van der Waals surface area contributed by atoms with Crippen molar-refractivity contribution in [2.75, 3.05) is 13.1 Å². The summed E-state index contributed by atoms with van der Waals surface area (Å²) in [5.41, 5.74) is -0.655. The van der Waals surface area contributed by atoms with Crippen molar-refractivity contribution in [3.05, 3.63) is 48.0 Å². The first kappa shape index (κ1) is 23.8. The third-order valence-corrected chi connectivity index (χ3v) is 12.2. The van der Waals surface area contributed by atoms with Gasteiger partial charge in [0.2, 0.25) is 5.78 Å². The average molecular weight is 506 g/mol. The van der Waals surface area contributed by atoms with Crippen LogP contribution in [0, 0.1) is 33.5 Å². The van der Waals surface area contributed by atoms with Gasteiger partial charge in [0.25, 0.3) is 0 Å². The highest BCUT2D eigenvalue weighted by molar-refractivity contribution is 6.08. The Morgan fingerprint density at radius 3 is 2.62 bits per heavy atom. The van der Waals surface area contributed by atoms with E-state index in [0.29, 0.717) is 24.6 Å². The van der Waals surface area contributed by atoms with Gasteiger partial charge in [0.1, 0.15) is 5.60 Å². The number of Topliss-reactive ketones (excluding diaryl/α,β-unsaturated/α-hetero) is 1. The highest BCUT2D eigenvalue weighted by Gasteiger charge is 2.76. The van der Waals surface area contributed by atoms with Crippen molar-refractivity contribution < 1.29 is 23.8 Å². The summed E-state index contributed by atoms with van der Waals surface area (Å²) in [6.45, 7) is 8.22. The molecule has 6 heteroatoms. The van der Waals surface area contributed by atoms with Crippen molar-refractivity contribution in [3.63, 3.8) is 0 Å². The van der Waals surface area contributed by atoms with Crippen LogP contribution in [-0.2, 0) is 4.74 Å². The third kappa shape index (κ3) is 2.66. The number of allylic oxidation sites excluding steroid dienone is 4. The zero-order valence-corrected chi connectivity index (χ0v) is 22.3. The van der Waals surface area contributed by atoms with Gasteiger partial charge < -0.3 is 19.2 Å². The Kier molecular flexibility index (Phi) is 4.75. The minimum atomic E-state index is -0.508. The minimum absolute atomic E-state index is 0.0222. The third-order valence-electron chi connectivity index (χ3n) is 12.2. The molecule has 1 amide bonds. The predicted octanol–water partition coefficient (Wildman–Crippen LogP) is 5.92. The van der Waals surface area contributed by atoms with Crippen LogP contribution in [0.3, 0.4) is 0 Å². The number of carbonyl (C=O) groups excluding carboxylic acids is 2. The second kappa shape index (κ2) is 7.40. The van der Waals surface area contributed by atoms with Crippen molar-refractivity contribution in [3.8, 4) is 0 Å². The van der Waals surface area contributed by atoms with Gasteiger partial charge in [0.15, 0.2) is 5.76 Å². The molecule has 6 aliphatic carbocycles. The van der Waals surface area contributed by atoms with E-state index in [1.165, 1.54) is 0 Å². The lowest BCUT2D eigenvalue weighted by Crippen LogP contribution is -2.67. The number of rotatable bonds is 4. The Balaban J connectivity index is 1.39. The van der Waals surface area contributed by atoms with Crippen LogP contribution in [-0.4, -0.2) is 46.7 Å². The Morgan fingerprint density at radius 1 is 1.11 bits per heavy atom. The lowest BCUT2D eigenvalue weighted by Gasteiger charge is -2.71. The minimum Gasteiger partial charge on any atom is -0.461 e. The van der Waals surface area contributed by atoms with Crippen molar-refractivity contribution in [1.82, 2.24) is 4.90 Å². The first-order valence-corrected chi connectivity index (χ1v) is 14.3. The van der Waals surface area contributed by atoms with E-state index in [1.54, 1.807) is 18.4 Å². The average Bonchev–Trinajstić information content (AvgIpc) is 3.58. The van der Waals surface area contributed by atoms with Gasteiger partial charge in [-0.05, 0) is 80.8 Å². The van der Waals surface area contributed by atoms with Gasteiger partial charge in [-0.3, -0.25) is 4.79 Å². The zero-order valence-electron chi connectivity index (χ0n) is 22.3. The Labute approximate surface area is 219 Å². The standard InChI is InChI=1S/C31H39NO5/c1-4-15-32-19-30(37-26(32)35)12-9-24-28(30,3)11-8-23-27(2)10-7-20(33)17-29(27)13-14-31(23,24)21(18-29)25(34)22-6-5-16-36-22/h5-6,13-14,16,18,20,23-24,33H,4,7-12,15,17,19H2,1-3H3. The quantitative estimate of drug-likeness (QED) is 0.406. The molecule has 1 aromatic rings. The Morgan fingerprint density at radius 2 is 1.86 bits per heavy atom. The number of carbonyl (C=O) groups is 2. The van der Waals surface area contributed by atoms with Crippen molar-refractivity contribution in [2.45, 2.75) is 83.8 Å². The van der Waals surface area contributed by atoms with Crippen molar-refractivity contribution >= 4 is 11.9 Å². The SMILES string of the molecule is CCCN1CC2(CCC3C45C=CC6(C=C4C(=O)c4ccco4)CC(O)CCC6(C)C5CCC32C)OC1=O. The van der Waals surface area contributed by atoms with Gasteiger partial charge in [0.05, 0.1) is 18.9 Å². The molecule has 198 valence electrons. The number of aliphatic hydroxyl groups excluding tert-OH is 1. The lowest BCUT2D eigenvalue weighted by molar-refractivity contribution is -0.164. The summed E-state index contributed by atoms with van der Waals surface area (Å²) in [5.74, 6) is 0.850. The smallest absolute Gasteiger partial charge is 0.410 e. The maximum absolute atomic E-state index is 14.2. The van der Waals surface area contributed by atoms with E-state index in [4.69, 9.17) is 9.15 Å². The second-order valence-electron chi connectivity index (χ2n) is 13.4. The summed E-state index contributed by atoms with van der Waals surface area (Å²) in [6, 6.07) is 3.55. The maximum atomic E-state index is 14.2. The molecule has 0 radical (unpaired) electrons. The molecule has 1 aliphatic heterocycles. The largest absolute Gasteiger partial charge is 0.461 e. The molecular formula is C31H39NO5. The van der Waals surface area contributed by atoms with Gasteiger partial charge in [0, 0.05) is 28.4 Å². The number of amides is 1. The molecule has 6 nitrogen and oxygen atoms in total. The van der Waals surface area contributed by atoms with Crippen LogP contribution in [0.5, 0.6) is 0 Å². The zero-order chi connectivity index (χ0) is 25.8. The van der Waals surface area contributed by atoms with E-state index in [0.717, 1.165) is 57.1 Å². The number of furan rings is 1. The van der Waals surface area contributed by atoms with Crippen LogP contribution in [0.2, 0.25) is 0 Å². The van der Waals surface area contributed by atoms with E-state index in [1.807, 2.05) is 4.90 Å². The lowest BCUT2D eigenvalue weighted by atomic mass is 9.32. The van der Waals surface area contributed by atoms with E-state index in [-0.39, 0.29) is 40.1 Å². The number of ether oxygens (including phenoxy) is 1. The Hall–Kier alpha value is -2.34. The molecule has 1 N–H and O–H groups in total. The van der Waals surface area contributed by atoms with Crippen LogP contribution in [0.1, 0.15) is 82.7 Å². The summed E-state index contributed by atoms with van der Waals surface area (Å²) in [4.78, 5) is 29.1. The molecule has 8 atom stereocenters. The van der Waals surface area contributed by atoms with E-state index < -0.39 is 11.0 Å². The summed E-state index contributed by atoms with van der Waals surface area (Å²) in [5, 5.41) is 10.8. The van der Waals surface area contributed by atoms with Crippen LogP contribution in [0.15, 0.2) is 46.6 Å². The molecule has 8 rings (SSSR count). The fourth-order valence-electron chi connectivity index (χ4n) is 10.4. The van der Waals surface area contributed by atoms with Crippen LogP contribution in [0.25, 0.3) is 0 Å². The first-order valence-electron chi connectivity index (χ1n) is 14.3. The van der Waals surface area contributed by atoms with Crippen LogP contribution < -0.4 is 0 Å². The summed E-state index contributed by atoms with van der Waals surface area (Å²) < 4.78 is 12.0. The van der Waals surface area contributed by atoms with Crippen LogP contribution >= 0.6 is 0 Å². The molecule has 37 heavy (non-hydrogen) atoms. The Bertz CT molecular complexity index is 1220. The maximum Gasteiger partial charge on any atom is 0.410 e. The molecule has 1 saturated heterocycles. The molecule has 2 bridgehead atoms. The van der Waals surface area contributed by atoms with E-state index in [2.05, 4.69) is 39.0 Å². The number of ketones is 1. The molecule has 8 unspecified atom stereocenters. The summed E-state index contributed by atoms with van der Waals surface area (Å²) >= 11 is 0. The highest BCUT2D eigenvalue weighted by Crippen LogP contribution is 2.79. The van der Waals surface area contributed by atoms with Gasteiger partial charge in [-0.1, -0.05) is 39.0 Å². The molecule has 2 heterocycles. The number of fused-ring (bicyclic) bond motifs is 2. The summed E-state index contributed by atoms with van der Waals surface area (Å²) in [6.07, 6.45) is 15.1. The van der Waals surface area contributed by atoms with E-state index in [9.17, 15) is 14.7 Å². The first-order chi connectivity index (χ1) is 17.6. The number of nitrogens with zero attached hydrogens (tertiary/aromatic N) is 1. The topological polar surface area (TPSA) is 80.0 Å². The van der Waals surface area contributed by atoms with Crippen molar-refractivity contribution in [2.24, 2.45) is 33.5 Å². The normalized spacial score (nSPS) is 47.5. The summed E-state index contributed by atoms with van der Waals surface area (Å²) in [7, 11) is 0. The predicted molar refractivity (Wildman–Crippen MR) is 138 cm³/mol. The van der Waals surface area contributed by atoms with Crippen molar-refractivity contribution in [1.29, 1.82) is 0 Å². The van der Waals surface area contributed by atoms with E-state index >= 15 is 0 Å².